The van der Waals surface area contributed by atoms with Gasteiger partial charge in [0.05, 0.1) is 11.8 Å². The number of aliphatic hydroxyl groups is 1. The number of carbonyl (C=O) groups is 1. The summed E-state index contributed by atoms with van der Waals surface area (Å²) in [4.78, 5) is 14.7. The molecule has 0 spiro atoms. The Morgan fingerprint density at radius 1 is 1.43 bits per heavy atom. The lowest BCUT2D eigenvalue weighted by atomic mass is 10.3. The Balaban J connectivity index is 2.76. The second kappa shape index (κ2) is 8.51. The van der Waals surface area contributed by atoms with Crippen molar-refractivity contribution in [2.75, 3.05) is 18.9 Å². The smallest absolute Gasteiger partial charge is 0.321 e. The highest BCUT2D eigenvalue weighted by Gasteiger charge is 2.13. The Kier molecular flexibility index (Phi) is 7.35. The zero-order valence-electron chi connectivity index (χ0n) is 12.9. The molecule has 1 atom stereocenters. The van der Waals surface area contributed by atoms with Gasteiger partial charge in [0.15, 0.2) is 0 Å². The number of thioether (sulfide) groups is 1. The van der Waals surface area contributed by atoms with E-state index in [2.05, 4.69) is 19.2 Å². The number of amides is 2. The first kappa shape index (κ1) is 18.1. The number of benzene rings is 1. The summed E-state index contributed by atoms with van der Waals surface area (Å²) in [5.41, 5.74) is 0.718. The lowest BCUT2D eigenvalue weighted by Crippen LogP contribution is -2.33. The molecular weight excluding hydrogens is 308 g/mol. The number of anilines is 1. The molecule has 1 aromatic rings. The second-order valence-corrected chi connectivity index (χ2v) is 7.35. The SMILES string of the molecule is CC(O)CCN(C)C(=O)Nc1cc(Cl)ccc1SC(C)C. The number of urea groups is 1. The zero-order valence-corrected chi connectivity index (χ0v) is 14.5. The monoisotopic (exact) mass is 330 g/mol. The van der Waals surface area contributed by atoms with Gasteiger partial charge in [-0.25, -0.2) is 4.79 Å². The summed E-state index contributed by atoms with van der Waals surface area (Å²) in [6.45, 7) is 6.40. The quantitative estimate of drug-likeness (QED) is 0.773. The van der Waals surface area contributed by atoms with Gasteiger partial charge < -0.3 is 15.3 Å². The summed E-state index contributed by atoms with van der Waals surface area (Å²) in [7, 11) is 1.71. The van der Waals surface area contributed by atoms with Crippen molar-refractivity contribution in [2.45, 2.75) is 43.4 Å². The van der Waals surface area contributed by atoms with E-state index in [1.807, 2.05) is 12.1 Å². The Morgan fingerprint density at radius 3 is 2.67 bits per heavy atom. The maximum atomic E-state index is 12.2. The lowest BCUT2D eigenvalue weighted by Gasteiger charge is -2.20. The summed E-state index contributed by atoms with van der Waals surface area (Å²) >= 11 is 7.69. The fourth-order valence-electron chi connectivity index (χ4n) is 1.65. The van der Waals surface area contributed by atoms with Crippen molar-refractivity contribution in [1.29, 1.82) is 0 Å². The Morgan fingerprint density at radius 2 is 2.10 bits per heavy atom. The average molecular weight is 331 g/mol. The van der Waals surface area contributed by atoms with E-state index in [1.165, 1.54) is 0 Å². The van der Waals surface area contributed by atoms with E-state index >= 15 is 0 Å². The van der Waals surface area contributed by atoms with Gasteiger partial charge in [0.2, 0.25) is 0 Å². The summed E-state index contributed by atoms with van der Waals surface area (Å²) < 4.78 is 0. The summed E-state index contributed by atoms with van der Waals surface area (Å²) in [5.74, 6) is 0. The molecule has 4 nitrogen and oxygen atoms in total. The van der Waals surface area contributed by atoms with Gasteiger partial charge in [0, 0.05) is 28.8 Å². The van der Waals surface area contributed by atoms with Crippen molar-refractivity contribution in [3.05, 3.63) is 23.2 Å². The number of halogens is 1. The van der Waals surface area contributed by atoms with Crippen LogP contribution in [0.2, 0.25) is 5.02 Å². The molecule has 118 valence electrons. The van der Waals surface area contributed by atoms with Crippen molar-refractivity contribution in [3.8, 4) is 0 Å². The molecule has 0 aliphatic rings. The highest BCUT2D eigenvalue weighted by Crippen LogP contribution is 2.32. The van der Waals surface area contributed by atoms with Crippen molar-refractivity contribution in [3.63, 3.8) is 0 Å². The van der Waals surface area contributed by atoms with Gasteiger partial charge in [0.25, 0.3) is 0 Å². The molecule has 0 saturated heterocycles. The molecule has 0 saturated carbocycles. The molecule has 0 aliphatic heterocycles. The Bertz CT molecular complexity index is 481. The lowest BCUT2D eigenvalue weighted by molar-refractivity contribution is 0.167. The van der Waals surface area contributed by atoms with E-state index in [-0.39, 0.29) is 6.03 Å². The van der Waals surface area contributed by atoms with Gasteiger partial charge in [-0.05, 0) is 31.5 Å². The van der Waals surface area contributed by atoms with E-state index in [0.717, 1.165) is 10.6 Å². The van der Waals surface area contributed by atoms with Crippen LogP contribution in [0.4, 0.5) is 10.5 Å². The minimum Gasteiger partial charge on any atom is -0.393 e. The first-order valence-corrected chi connectivity index (χ1v) is 8.21. The van der Waals surface area contributed by atoms with Gasteiger partial charge in [-0.2, -0.15) is 0 Å². The van der Waals surface area contributed by atoms with Crippen LogP contribution in [0, 0.1) is 0 Å². The maximum absolute atomic E-state index is 12.2. The molecule has 1 unspecified atom stereocenters. The molecule has 0 aliphatic carbocycles. The van der Waals surface area contributed by atoms with Gasteiger partial charge in [-0.3, -0.25) is 0 Å². The van der Waals surface area contributed by atoms with Crippen LogP contribution in [0.5, 0.6) is 0 Å². The predicted octanol–water partition coefficient (Wildman–Crippen LogP) is 4.08. The third-order valence-electron chi connectivity index (χ3n) is 2.77. The molecule has 0 bridgehead atoms. The molecule has 1 aromatic carbocycles. The normalized spacial score (nSPS) is 12.3. The predicted molar refractivity (Wildman–Crippen MR) is 90.4 cm³/mol. The largest absolute Gasteiger partial charge is 0.393 e. The zero-order chi connectivity index (χ0) is 16.0. The molecule has 1 rings (SSSR count). The summed E-state index contributed by atoms with van der Waals surface area (Å²) in [6, 6.07) is 5.29. The highest BCUT2D eigenvalue weighted by atomic mass is 35.5. The molecule has 0 radical (unpaired) electrons. The number of aliphatic hydroxyl groups excluding tert-OH is 1. The Labute approximate surface area is 135 Å². The van der Waals surface area contributed by atoms with Crippen molar-refractivity contribution < 1.29 is 9.90 Å². The number of nitrogens with one attached hydrogen (secondary N) is 1. The van der Waals surface area contributed by atoms with E-state index < -0.39 is 6.10 Å². The van der Waals surface area contributed by atoms with E-state index in [9.17, 15) is 9.90 Å². The molecule has 0 aromatic heterocycles. The van der Waals surface area contributed by atoms with Crippen molar-refractivity contribution in [2.24, 2.45) is 0 Å². The summed E-state index contributed by atoms with van der Waals surface area (Å²) in [5, 5.41) is 13.2. The van der Waals surface area contributed by atoms with Gasteiger partial charge in [-0.15, -0.1) is 11.8 Å². The van der Waals surface area contributed by atoms with E-state index in [4.69, 9.17) is 11.6 Å². The van der Waals surface area contributed by atoms with Crippen molar-refractivity contribution in [1.82, 2.24) is 4.90 Å². The minimum absolute atomic E-state index is 0.205. The van der Waals surface area contributed by atoms with Crippen LogP contribution in [0.3, 0.4) is 0 Å². The Hall–Kier alpha value is -0.910. The molecule has 2 N–H and O–H groups in total. The first-order valence-electron chi connectivity index (χ1n) is 6.96. The second-order valence-electron chi connectivity index (χ2n) is 5.30. The van der Waals surface area contributed by atoms with Crippen LogP contribution in [-0.2, 0) is 0 Å². The number of nitrogens with zero attached hydrogens (tertiary/aromatic N) is 1. The average Bonchev–Trinajstić information content (AvgIpc) is 2.38. The van der Waals surface area contributed by atoms with Crippen LogP contribution < -0.4 is 5.32 Å². The standard InChI is InChI=1S/C15H23ClN2O2S/c1-10(2)21-14-6-5-12(16)9-13(14)17-15(20)18(4)8-7-11(3)19/h5-6,9-11,19H,7-8H2,1-4H3,(H,17,20). The molecule has 21 heavy (non-hydrogen) atoms. The van der Waals surface area contributed by atoms with E-state index in [1.54, 1.807) is 36.7 Å². The molecular formula is C15H23ClN2O2S. The van der Waals surface area contributed by atoms with E-state index in [0.29, 0.717) is 23.2 Å². The first-order chi connectivity index (χ1) is 9.79. The fourth-order valence-corrected chi connectivity index (χ4v) is 2.71. The van der Waals surface area contributed by atoms with Crippen LogP contribution in [0.25, 0.3) is 0 Å². The summed E-state index contributed by atoms with van der Waals surface area (Å²) in [6.07, 6.45) is 0.131. The van der Waals surface area contributed by atoms with Crippen LogP contribution in [-0.4, -0.2) is 41.0 Å². The minimum atomic E-state index is -0.418. The number of carbonyl (C=O) groups excluding carboxylic acids is 1. The van der Waals surface area contributed by atoms with Gasteiger partial charge >= 0.3 is 6.03 Å². The van der Waals surface area contributed by atoms with Crippen LogP contribution in [0.15, 0.2) is 23.1 Å². The number of hydrogen-bond acceptors (Lipinski definition) is 3. The van der Waals surface area contributed by atoms with Crippen molar-refractivity contribution >= 4 is 35.1 Å². The topological polar surface area (TPSA) is 52.6 Å². The third kappa shape index (κ3) is 6.59. The maximum Gasteiger partial charge on any atom is 0.321 e. The highest BCUT2D eigenvalue weighted by molar-refractivity contribution is 8.00. The number of hydrogen-bond donors (Lipinski definition) is 2. The van der Waals surface area contributed by atoms with Crippen LogP contribution >= 0.6 is 23.4 Å². The number of rotatable bonds is 6. The molecule has 0 heterocycles. The molecule has 6 heteroatoms. The molecule has 0 fully saturated rings. The fraction of sp³-hybridized carbons (Fsp3) is 0.533. The molecule has 2 amide bonds. The third-order valence-corrected chi connectivity index (χ3v) is 4.09. The van der Waals surface area contributed by atoms with Gasteiger partial charge in [-0.1, -0.05) is 25.4 Å². The van der Waals surface area contributed by atoms with Crippen LogP contribution in [0.1, 0.15) is 27.2 Å². The van der Waals surface area contributed by atoms with Gasteiger partial charge in [0.1, 0.15) is 0 Å².